The molecule has 1 heterocycles. The average Bonchev–Trinajstić information content (AvgIpc) is 2.34. The zero-order chi connectivity index (χ0) is 13.1. The number of hydrogen-bond donors (Lipinski definition) is 0. The molecular weight excluding hydrogens is 341 g/mol. The van der Waals surface area contributed by atoms with E-state index in [2.05, 4.69) is 38.9 Å². The minimum atomic E-state index is 0.252. The van der Waals surface area contributed by atoms with Crippen molar-refractivity contribution in [3.05, 3.63) is 44.7 Å². The lowest BCUT2D eigenvalue weighted by atomic mass is 10.1. The summed E-state index contributed by atoms with van der Waals surface area (Å²) in [5.41, 5.74) is 1.97. The molecule has 0 spiro atoms. The van der Waals surface area contributed by atoms with Crippen molar-refractivity contribution in [1.82, 2.24) is 10.2 Å². The second-order valence-corrected chi connectivity index (χ2v) is 5.01. The number of nitriles is 1. The van der Waals surface area contributed by atoms with Crippen LogP contribution in [0.3, 0.4) is 0 Å². The first-order valence-electron chi connectivity index (χ1n) is 5.29. The van der Waals surface area contributed by atoms with Gasteiger partial charge in [-0.3, -0.25) is 0 Å². The van der Waals surface area contributed by atoms with Crippen molar-refractivity contribution in [2.75, 3.05) is 0 Å². The quantitative estimate of drug-likeness (QED) is 0.779. The van der Waals surface area contributed by atoms with Crippen LogP contribution in [-0.2, 0) is 0 Å². The van der Waals surface area contributed by atoms with Gasteiger partial charge in [0.05, 0.1) is 5.69 Å². The molecule has 18 heavy (non-hydrogen) atoms. The Morgan fingerprint density at radius 3 is 2.72 bits per heavy atom. The molecule has 0 bridgehead atoms. The summed E-state index contributed by atoms with van der Waals surface area (Å²) < 4.78 is 6.67. The fourth-order valence-electron chi connectivity index (χ4n) is 1.43. The highest BCUT2D eigenvalue weighted by Gasteiger charge is 2.12. The third-order valence-electron chi connectivity index (χ3n) is 2.54. The molecule has 0 atom stereocenters. The average molecular weight is 351 g/mol. The molecule has 5 heteroatoms. The first-order valence-corrected chi connectivity index (χ1v) is 6.37. The number of aromatic nitrogens is 2. The van der Waals surface area contributed by atoms with E-state index in [1.807, 2.05) is 38.1 Å². The van der Waals surface area contributed by atoms with Gasteiger partial charge in [0.15, 0.2) is 0 Å². The molecule has 90 valence electrons. The van der Waals surface area contributed by atoms with Crippen molar-refractivity contribution >= 4 is 22.6 Å². The second-order valence-electron chi connectivity index (χ2n) is 3.76. The zero-order valence-corrected chi connectivity index (χ0v) is 12.1. The smallest absolute Gasteiger partial charge is 0.257 e. The minimum Gasteiger partial charge on any atom is -0.437 e. The van der Waals surface area contributed by atoms with E-state index >= 15 is 0 Å². The maximum absolute atomic E-state index is 9.16. The van der Waals surface area contributed by atoms with Crippen LogP contribution in [0, 0.1) is 28.7 Å². The predicted octanol–water partition coefficient (Wildman–Crippen LogP) is 3.36. The fraction of sp³-hybridized carbons (Fsp3) is 0.154. The number of ether oxygens (including phenoxy) is 1. The molecule has 0 saturated carbocycles. The molecular formula is C13H10IN3O. The lowest BCUT2D eigenvalue weighted by Gasteiger charge is -2.08. The Labute approximate surface area is 119 Å². The predicted molar refractivity (Wildman–Crippen MR) is 75.5 cm³/mol. The molecule has 4 nitrogen and oxygen atoms in total. The van der Waals surface area contributed by atoms with Crippen LogP contribution in [0.15, 0.2) is 24.3 Å². The number of aryl methyl sites for hydroxylation is 1. The van der Waals surface area contributed by atoms with Gasteiger partial charge in [-0.15, -0.1) is 5.10 Å². The van der Waals surface area contributed by atoms with E-state index in [1.54, 1.807) is 0 Å². The number of benzene rings is 1. The van der Waals surface area contributed by atoms with Gasteiger partial charge in [-0.05, 0) is 60.2 Å². The summed E-state index contributed by atoms with van der Waals surface area (Å²) in [4.78, 5) is 0. The number of hydrogen-bond acceptors (Lipinski definition) is 4. The largest absolute Gasteiger partial charge is 0.437 e. The topological polar surface area (TPSA) is 58.8 Å². The Balaban J connectivity index is 2.42. The van der Waals surface area contributed by atoms with E-state index in [0.29, 0.717) is 11.3 Å². The maximum Gasteiger partial charge on any atom is 0.257 e. The van der Waals surface area contributed by atoms with Gasteiger partial charge >= 0.3 is 0 Å². The molecule has 0 N–H and O–H groups in total. The van der Waals surface area contributed by atoms with E-state index in [9.17, 15) is 0 Å². The molecule has 1 aromatic heterocycles. The summed E-state index contributed by atoms with van der Waals surface area (Å²) in [6, 6.07) is 9.65. The van der Waals surface area contributed by atoms with Gasteiger partial charge in [0.2, 0.25) is 0 Å². The van der Waals surface area contributed by atoms with E-state index < -0.39 is 0 Å². The molecule has 2 aromatic rings. The molecule has 2 rings (SSSR count). The fourth-order valence-corrected chi connectivity index (χ4v) is 1.95. The molecule has 0 saturated heterocycles. The van der Waals surface area contributed by atoms with E-state index in [0.717, 1.165) is 14.8 Å². The van der Waals surface area contributed by atoms with Crippen molar-refractivity contribution in [1.29, 1.82) is 5.26 Å². The van der Waals surface area contributed by atoms with E-state index in [4.69, 9.17) is 10.00 Å². The van der Waals surface area contributed by atoms with Crippen molar-refractivity contribution in [3.63, 3.8) is 0 Å². The zero-order valence-electron chi connectivity index (χ0n) is 9.94. The Bertz CT molecular complexity index is 635. The molecule has 0 aliphatic carbocycles. The summed E-state index contributed by atoms with van der Waals surface area (Å²) in [7, 11) is 0. The minimum absolute atomic E-state index is 0.252. The first-order chi connectivity index (χ1) is 8.61. The summed E-state index contributed by atoms with van der Waals surface area (Å²) in [5, 5.41) is 17.1. The Morgan fingerprint density at radius 2 is 2.06 bits per heavy atom. The second kappa shape index (κ2) is 5.31. The summed E-state index contributed by atoms with van der Waals surface area (Å²) >= 11 is 2.20. The van der Waals surface area contributed by atoms with Crippen LogP contribution in [0.25, 0.3) is 0 Å². The van der Waals surface area contributed by atoms with Gasteiger partial charge < -0.3 is 4.74 Å². The van der Waals surface area contributed by atoms with Crippen molar-refractivity contribution < 1.29 is 4.74 Å². The molecule has 0 unspecified atom stereocenters. The highest BCUT2D eigenvalue weighted by Crippen LogP contribution is 2.26. The van der Waals surface area contributed by atoms with Gasteiger partial charge in [-0.2, -0.15) is 10.4 Å². The van der Waals surface area contributed by atoms with E-state index in [-0.39, 0.29) is 5.88 Å². The van der Waals surface area contributed by atoms with Crippen LogP contribution in [-0.4, -0.2) is 10.2 Å². The lowest BCUT2D eigenvalue weighted by molar-refractivity contribution is 0.451. The first kappa shape index (κ1) is 12.8. The highest BCUT2D eigenvalue weighted by atomic mass is 127. The number of rotatable bonds is 2. The Kier molecular flexibility index (Phi) is 3.77. The third-order valence-corrected chi connectivity index (χ3v) is 3.22. The third kappa shape index (κ3) is 2.59. The van der Waals surface area contributed by atoms with Gasteiger partial charge in [0.1, 0.15) is 17.4 Å². The van der Waals surface area contributed by atoms with Crippen molar-refractivity contribution in [2.45, 2.75) is 13.8 Å². The van der Waals surface area contributed by atoms with Crippen LogP contribution in [0.2, 0.25) is 0 Å². The molecule has 1 aromatic carbocycles. The highest BCUT2D eigenvalue weighted by molar-refractivity contribution is 14.1. The maximum atomic E-state index is 9.16. The Morgan fingerprint density at radius 1 is 1.28 bits per heavy atom. The van der Waals surface area contributed by atoms with Gasteiger partial charge in [0.25, 0.3) is 5.88 Å². The van der Waals surface area contributed by atoms with Crippen LogP contribution >= 0.6 is 22.6 Å². The molecule has 0 aliphatic rings. The summed E-state index contributed by atoms with van der Waals surface area (Å²) in [6.45, 7) is 3.66. The molecule has 0 fully saturated rings. The number of halogens is 1. The Hall–Kier alpha value is -1.68. The van der Waals surface area contributed by atoms with Gasteiger partial charge in [-0.1, -0.05) is 6.07 Å². The summed E-state index contributed by atoms with van der Waals surface area (Å²) in [5.74, 6) is 0.901. The van der Waals surface area contributed by atoms with Crippen LogP contribution in [0.4, 0.5) is 0 Å². The van der Waals surface area contributed by atoms with Gasteiger partial charge in [-0.25, -0.2) is 0 Å². The normalized spacial score (nSPS) is 9.89. The van der Waals surface area contributed by atoms with Gasteiger partial charge in [0, 0.05) is 3.57 Å². The van der Waals surface area contributed by atoms with Crippen LogP contribution in [0.1, 0.15) is 16.8 Å². The van der Waals surface area contributed by atoms with Crippen molar-refractivity contribution in [3.8, 4) is 17.7 Å². The molecule has 0 radical (unpaired) electrons. The molecule has 0 aliphatic heterocycles. The standard InChI is InChI=1S/C13H10IN3O/c1-8-9(2)16-17-13(12(8)7-15)18-11-5-3-4-10(14)6-11/h3-6H,1-2H3. The summed E-state index contributed by atoms with van der Waals surface area (Å²) in [6.07, 6.45) is 0. The molecule has 0 amide bonds. The van der Waals surface area contributed by atoms with Crippen LogP contribution < -0.4 is 4.74 Å². The monoisotopic (exact) mass is 351 g/mol. The van der Waals surface area contributed by atoms with E-state index in [1.165, 1.54) is 0 Å². The van der Waals surface area contributed by atoms with Crippen molar-refractivity contribution in [2.24, 2.45) is 0 Å². The SMILES string of the molecule is Cc1nnc(Oc2cccc(I)c2)c(C#N)c1C. The van der Waals surface area contributed by atoms with Crippen LogP contribution in [0.5, 0.6) is 11.6 Å². The number of nitrogens with zero attached hydrogens (tertiary/aromatic N) is 3. The lowest BCUT2D eigenvalue weighted by Crippen LogP contribution is -2.00.